The topological polar surface area (TPSA) is 12.0 Å². The second kappa shape index (κ2) is 8.63. The average molecular weight is 281 g/mol. The van der Waals surface area contributed by atoms with Crippen molar-refractivity contribution in [2.45, 2.75) is 45.1 Å². The van der Waals surface area contributed by atoms with Crippen molar-refractivity contribution in [3.8, 4) is 0 Å². The van der Waals surface area contributed by atoms with Gasteiger partial charge in [-0.2, -0.15) is 0 Å². The molecule has 0 radical (unpaired) electrons. The van der Waals surface area contributed by atoms with Gasteiger partial charge in [-0.05, 0) is 36.4 Å². The fraction of sp³-hybridized carbons (Fsp3) is 0.400. The average Bonchev–Trinajstić information content (AvgIpc) is 2.55. The molecule has 0 saturated carbocycles. The molecule has 2 rings (SSSR count). The molecule has 0 bridgehead atoms. The van der Waals surface area contributed by atoms with E-state index in [9.17, 15) is 0 Å². The van der Waals surface area contributed by atoms with Crippen LogP contribution in [0.15, 0.2) is 60.7 Å². The molecule has 0 spiro atoms. The fourth-order valence-electron chi connectivity index (χ4n) is 2.78. The van der Waals surface area contributed by atoms with Crippen LogP contribution in [0.1, 0.15) is 56.2 Å². The summed E-state index contributed by atoms with van der Waals surface area (Å²) in [7, 11) is 0. The first-order valence-corrected chi connectivity index (χ1v) is 8.14. The summed E-state index contributed by atoms with van der Waals surface area (Å²) in [5, 5.41) is 3.74. The maximum atomic E-state index is 3.74. The third-order valence-electron chi connectivity index (χ3n) is 4.12. The predicted octanol–water partition coefficient (Wildman–Crippen LogP) is 5.31. The van der Waals surface area contributed by atoms with Gasteiger partial charge in [0.2, 0.25) is 0 Å². The van der Waals surface area contributed by atoms with E-state index in [1.54, 1.807) is 0 Å². The van der Waals surface area contributed by atoms with Crippen LogP contribution in [0.5, 0.6) is 0 Å². The molecule has 0 saturated heterocycles. The first kappa shape index (κ1) is 15.8. The van der Waals surface area contributed by atoms with E-state index in [-0.39, 0.29) is 0 Å². The van der Waals surface area contributed by atoms with Crippen LogP contribution in [0, 0.1) is 0 Å². The Hall–Kier alpha value is -1.60. The molecule has 2 aromatic rings. The zero-order chi connectivity index (χ0) is 14.9. The van der Waals surface area contributed by atoms with Crippen molar-refractivity contribution in [2.24, 2.45) is 0 Å². The van der Waals surface area contributed by atoms with Crippen molar-refractivity contribution in [1.29, 1.82) is 0 Å². The first-order chi connectivity index (χ1) is 10.3. The number of hydrogen-bond acceptors (Lipinski definition) is 1. The zero-order valence-electron chi connectivity index (χ0n) is 13.3. The van der Waals surface area contributed by atoms with Crippen molar-refractivity contribution < 1.29 is 0 Å². The van der Waals surface area contributed by atoms with Crippen LogP contribution in [0.25, 0.3) is 0 Å². The van der Waals surface area contributed by atoms with Crippen LogP contribution in [0.2, 0.25) is 0 Å². The minimum absolute atomic E-state index is 0.485. The molecule has 2 atom stereocenters. The van der Waals surface area contributed by atoms with Gasteiger partial charge in [-0.25, -0.2) is 0 Å². The van der Waals surface area contributed by atoms with Gasteiger partial charge >= 0.3 is 0 Å². The fourth-order valence-corrected chi connectivity index (χ4v) is 2.78. The highest BCUT2D eigenvalue weighted by Crippen LogP contribution is 2.21. The van der Waals surface area contributed by atoms with Gasteiger partial charge in [-0.15, -0.1) is 0 Å². The van der Waals surface area contributed by atoms with E-state index < -0.39 is 0 Å². The Balaban J connectivity index is 1.85. The summed E-state index contributed by atoms with van der Waals surface area (Å²) in [5.41, 5.74) is 2.85. The molecule has 1 nitrogen and oxygen atoms in total. The Labute approximate surface area is 129 Å². The minimum Gasteiger partial charge on any atom is -0.310 e. The molecule has 0 aromatic heterocycles. The van der Waals surface area contributed by atoms with Crippen molar-refractivity contribution in [2.75, 3.05) is 6.54 Å². The lowest BCUT2D eigenvalue weighted by Crippen LogP contribution is -2.23. The normalized spacial score (nSPS) is 13.8. The van der Waals surface area contributed by atoms with Gasteiger partial charge < -0.3 is 5.32 Å². The maximum absolute atomic E-state index is 3.74. The van der Waals surface area contributed by atoms with Crippen LogP contribution in [-0.4, -0.2) is 6.54 Å². The molecule has 0 aliphatic heterocycles. The monoisotopic (exact) mass is 281 g/mol. The summed E-state index contributed by atoms with van der Waals surface area (Å²) in [6.45, 7) is 5.63. The Morgan fingerprint density at radius 1 is 0.810 bits per heavy atom. The van der Waals surface area contributed by atoms with E-state index in [1.165, 1.54) is 30.4 Å². The standard InChI is InChI=1S/C20H27N/c1-3-10-20(19-13-8-5-9-14-19)21-16-15-17(2)18-11-6-4-7-12-18/h4-9,11-14,17,20-21H,3,10,15-16H2,1-2H3. The van der Waals surface area contributed by atoms with Gasteiger partial charge in [-0.1, -0.05) is 80.9 Å². The van der Waals surface area contributed by atoms with Gasteiger partial charge in [0.1, 0.15) is 0 Å². The van der Waals surface area contributed by atoms with E-state index in [0.717, 1.165) is 6.54 Å². The summed E-state index contributed by atoms with van der Waals surface area (Å²) >= 11 is 0. The van der Waals surface area contributed by atoms with E-state index in [4.69, 9.17) is 0 Å². The Morgan fingerprint density at radius 2 is 1.38 bits per heavy atom. The second-order valence-electron chi connectivity index (χ2n) is 5.81. The third kappa shape index (κ3) is 5.02. The largest absolute Gasteiger partial charge is 0.310 e. The van der Waals surface area contributed by atoms with Crippen LogP contribution >= 0.6 is 0 Å². The molecular weight excluding hydrogens is 254 g/mol. The summed E-state index contributed by atoms with van der Waals surface area (Å²) < 4.78 is 0. The molecule has 112 valence electrons. The van der Waals surface area contributed by atoms with Crippen LogP contribution in [-0.2, 0) is 0 Å². The molecule has 0 aliphatic carbocycles. The number of rotatable bonds is 8. The number of nitrogens with one attached hydrogen (secondary N) is 1. The summed E-state index contributed by atoms with van der Waals surface area (Å²) in [4.78, 5) is 0. The lowest BCUT2D eigenvalue weighted by atomic mass is 9.97. The molecule has 21 heavy (non-hydrogen) atoms. The van der Waals surface area contributed by atoms with Crippen LogP contribution in [0.3, 0.4) is 0 Å². The Kier molecular flexibility index (Phi) is 6.49. The predicted molar refractivity (Wildman–Crippen MR) is 91.6 cm³/mol. The Bertz CT molecular complexity index is 492. The zero-order valence-corrected chi connectivity index (χ0v) is 13.3. The summed E-state index contributed by atoms with van der Waals surface area (Å²) in [6, 6.07) is 22.1. The highest BCUT2D eigenvalue weighted by Gasteiger charge is 2.10. The van der Waals surface area contributed by atoms with Crippen molar-refractivity contribution >= 4 is 0 Å². The first-order valence-electron chi connectivity index (χ1n) is 8.14. The quantitative estimate of drug-likeness (QED) is 0.691. The molecule has 1 N–H and O–H groups in total. The Morgan fingerprint density at radius 3 is 1.95 bits per heavy atom. The van der Waals surface area contributed by atoms with Gasteiger partial charge in [0.25, 0.3) is 0 Å². The van der Waals surface area contributed by atoms with Crippen LogP contribution < -0.4 is 5.32 Å². The highest BCUT2D eigenvalue weighted by atomic mass is 14.9. The van der Waals surface area contributed by atoms with E-state index in [2.05, 4.69) is 79.8 Å². The number of hydrogen-bond donors (Lipinski definition) is 1. The lowest BCUT2D eigenvalue weighted by Gasteiger charge is -2.20. The van der Waals surface area contributed by atoms with Crippen molar-refractivity contribution in [3.05, 3.63) is 71.8 Å². The molecule has 1 heteroatoms. The molecule has 2 unspecified atom stereocenters. The molecule has 2 aromatic carbocycles. The molecular formula is C20H27N. The van der Waals surface area contributed by atoms with Gasteiger partial charge in [-0.3, -0.25) is 0 Å². The van der Waals surface area contributed by atoms with E-state index in [0.29, 0.717) is 12.0 Å². The smallest absolute Gasteiger partial charge is 0.0320 e. The molecule has 0 amide bonds. The summed E-state index contributed by atoms with van der Waals surface area (Å²) in [5.74, 6) is 0.608. The SMILES string of the molecule is CCCC(NCCC(C)c1ccccc1)c1ccccc1. The maximum Gasteiger partial charge on any atom is 0.0320 e. The summed E-state index contributed by atoms with van der Waals surface area (Å²) in [6.07, 6.45) is 3.58. The van der Waals surface area contributed by atoms with Crippen LogP contribution in [0.4, 0.5) is 0 Å². The van der Waals surface area contributed by atoms with Crippen molar-refractivity contribution in [1.82, 2.24) is 5.32 Å². The second-order valence-corrected chi connectivity index (χ2v) is 5.81. The van der Waals surface area contributed by atoms with Gasteiger partial charge in [0.05, 0.1) is 0 Å². The van der Waals surface area contributed by atoms with Crippen molar-refractivity contribution in [3.63, 3.8) is 0 Å². The minimum atomic E-state index is 0.485. The third-order valence-corrected chi connectivity index (χ3v) is 4.12. The molecule has 0 heterocycles. The van der Waals surface area contributed by atoms with Gasteiger partial charge in [0.15, 0.2) is 0 Å². The lowest BCUT2D eigenvalue weighted by molar-refractivity contribution is 0.474. The molecule has 0 aliphatic rings. The van der Waals surface area contributed by atoms with E-state index >= 15 is 0 Å². The van der Waals surface area contributed by atoms with Gasteiger partial charge in [0, 0.05) is 6.04 Å². The number of benzene rings is 2. The van der Waals surface area contributed by atoms with E-state index in [1.807, 2.05) is 0 Å². The highest BCUT2D eigenvalue weighted by molar-refractivity contribution is 5.20. The molecule has 0 fully saturated rings.